The molecule has 0 bridgehead atoms. The average Bonchev–Trinajstić information content (AvgIpc) is 2.44. The Hall–Kier alpha value is -2.06. The van der Waals surface area contributed by atoms with Crippen molar-refractivity contribution in [2.45, 2.75) is 45.0 Å². The molecule has 8 nitrogen and oxygen atoms in total. The summed E-state index contributed by atoms with van der Waals surface area (Å²) in [5.41, 5.74) is 5.76. The van der Waals surface area contributed by atoms with Gasteiger partial charge in [0.15, 0.2) is 0 Å². The Kier molecular flexibility index (Phi) is 6.59. The van der Waals surface area contributed by atoms with Crippen LogP contribution >= 0.6 is 0 Å². The summed E-state index contributed by atoms with van der Waals surface area (Å²) in [6.07, 6.45) is -1.30. The van der Waals surface area contributed by atoms with E-state index in [4.69, 9.17) is 15.2 Å². The molecule has 8 heteroatoms. The second-order valence-electron chi connectivity index (χ2n) is 6.10. The van der Waals surface area contributed by atoms with Gasteiger partial charge in [-0.05, 0) is 33.3 Å². The fraction of sp³-hybridized carbons (Fsp3) is 0.600. The van der Waals surface area contributed by atoms with Gasteiger partial charge in [-0.1, -0.05) is 0 Å². The van der Waals surface area contributed by atoms with Crippen LogP contribution in [-0.4, -0.2) is 46.6 Å². The van der Waals surface area contributed by atoms with E-state index in [1.165, 1.54) is 19.4 Å². The molecule has 1 aromatic rings. The van der Waals surface area contributed by atoms with Crippen molar-refractivity contribution < 1.29 is 24.5 Å². The molecule has 1 aromatic heterocycles. The highest BCUT2D eigenvalue weighted by Gasteiger charge is 2.21. The summed E-state index contributed by atoms with van der Waals surface area (Å²) in [7, 11) is 1.44. The van der Waals surface area contributed by atoms with E-state index in [9.17, 15) is 15.0 Å². The van der Waals surface area contributed by atoms with Gasteiger partial charge in [-0.2, -0.15) is 0 Å². The van der Waals surface area contributed by atoms with Crippen molar-refractivity contribution in [2.75, 3.05) is 19.4 Å². The SMILES string of the molecule is COc1ncc(C(O)C(O)CCNC(=O)OC(C)(C)C)cc1N. The largest absolute Gasteiger partial charge is 0.480 e. The van der Waals surface area contributed by atoms with E-state index in [0.717, 1.165) is 0 Å². The summed E-state index contributed by atoms with van der Waals surface area (Å²) < 4.78 is 10.0. The summed E-state index contributed by atoms with van der Waals surface area (Å²) in [5, 5.41) is 22.6. The minimum atomic E-state index is -1.17. The van der Waals surface area contributed by atoms with E-state index in [2.05, 4.69) is 10.3 Å². The van der Waals surface area contributed by atoms with Crippen molar-refractivity contribution in [3.05, 3.63) is 17.8 Å². The third-order valence-electron chi connectivity index (χ3n) is 2.91. The van der Waals surface area contributed by atoms with Gasteiger partial charge in [0.25, 0.3) is 0 Å². The van der Waals surface area contributed by atoms with Crippen LogP contribution in [0.25, 0.3) is 0 Å². The first kappa shape index (κ1) is 19.0. The Morgan fingerprint density at radius 2 is 2.09 bits per heavy atom. The number of amides is 1. The number of pyridine rings is 1. The van der Waals surface area contributed by atoms with Gasteiger partial charge in [0.05, 0.1) is 18.9 Å². The Labute approximate surface area is 135 Å². The van der Waals surface area contributed by atoms with E-state index in [1.807, 2.05) is 0 Å². The Bertz CT molecular complexity index is 530. The van der Waals surface area contributed by atoms with Crippen molar-refractivity contribution >= 4 is 11.8 Å². The second-order valence-corrected chi connectivity index (χ2v) is 6.10. The number of nitrogens with one attached hydrogen (secondary N) is 1. The first-order valence-corrected chi connectivity index (χ1v) is 7.26. The third-order valence-corrected chi connectivity index (χ3v) is 2.91. The number of ether oxygens (including phenoxy) is 2. The Balaban J connectivity index is 2.49. The standard InChI is InChI=1S/C15H25N3O5/c1-15(2,3)23-14(21)17-6-5-11(19)12(20)9-7-10(16)13(22-4)18-8-9/h7-8,11-12,19-20H,5-6,16H2,1-4H3,(H,17,21). The molecular weight excluding hydrogens is 302 g/mol. The molecular formula is C15H25N3O5. The fourth-order valence-electron chi connectivity index (χ4n) is 1.83. The van der Waals surface area contributed by atoms with Crippen LogP contribution < -0.4 is 15.8 Å². The number of methoxy groups -OCH3 is 1. The lowest BCUT2D eigenvalue weighted by atomic mass is 10.0. The number of carbonyl (C=O) groups is 1. The third kappa shape index (κ3) is 6.29. The lowest BCUT2D eigenvalue weighted by Gasteiger charge is -2.21. The number of nitrogens with zero attached hydrogens (tertiary/aromatic N) is 1. The number of alkyl carbamates (subject to hydrolysis) is 1. The van der Waals surface area contributed by atoms with E-state index in [0.29, 0.717) is 5.56 Å². The molecule has 0 aliphatic carbocycles. The molecule has 2 atom stereocenters. The van der Waals surface area contributed by atoms with E-state index in [-0.39, 0.29) is 24.5 Å². The number of rotatable bonds is 6. The van der Waals surface area contributed by atoms with Crippen LogP contribution in [0.5, 0.6) is 5.88 Å². The minimum absolute atomic E-state index is 0.145. The van der Waals surface area contributed by atoms with Crippen molar-refractivity contribution in [3.8, 4) is 5.88 Å². The highest BCUT2D eigenvalue weighted by atomic mass is 16.6. The van der Waals surface area contributed by atoms with E-state index < -0.39 is 23.9 Å². The van der Waals surface area contributed by atoms with Crippen LogP contribution in [0.3, 0.4) is 0 Å². The lowest BCUT2D eigenvalue weighted by molar-refractivity contribution is 0.0121. The van der Waals surface area contributed by atoms with Gasteiger partial charge in [0.2, 0.25) is 5.88 Å². The number of aliphatic hydroxyl groups is 2. The number of aromatic nitrogens is 1. The molecule has 1 rings (SSSR count). The zero-order chi connectivity index (χ0) is 17.6. The maximum atomic E-state index is 11.5. The summed E-state index contributed by atoms with van der Waals surface area (Å²) >= 11 is 0. The Morgan fingerprint density at radius 1 is 1.43 bits per heavy atom. The smallest absolute Gasteiger partial charge is 0.407 e. The van der Waals surface area contributed by atoms with Crippen LogP contribution in [0.2, 0.25) is 0 Å². The van der Waals surface area contributed by atoms with Crippen molar-refractivity contribution in [2.24, 2.45) is 0 Å². The highest BCUT2D eigenvalue weighted by molar-refractivity contribution is 5.67. The van der Waals surface area contributed by atoms with Crippen molar-refractivity contribution in [1.82, 2.24) is 10.3 Å². The monoisotopic (exact) mass is 327 g/mol. The molecule has 0 saturated carbocycles. The second kappa shape index (κ2) is 7.98. The van der Waals surface area contributed by atoms with Gasteiger partial charge in [0.1, 0.15) is 11.7 Å². The maximum Gasteiger partial charge on any atom is 0.407 e. The molecule has 5 N–H and O–H groups in total. The summed E-state index contributed by atoms with van der Waals surface area (Å²) in [5.74, 6) is 0.252. The molecule has 0 radical (unpaired) electrons. The predicted molar refractivity (Wildman–Crippen MR) is 85.0 cm³/mol. The van der Waals surface area contributed by atoms with E-state index >= 15 is 0 Å². The summed E-state index contributed by atoms with van der Waals surface area (Å²) in [4.78, 5) is 15.4. The van der Waals surface area contributed by atoms with Gasteiger partial charge in [0, 0.05) is 18.3 Å². The molecule has 2 unspecified atom stereocenters. The lowest BCUT2D eigenvalue weighted by Crippen LogP contribution is -2.34. The van der Waals surface area contributed by atoms with Crippen LogP contribution in [0.4, 0.5) is 10.5 Å². The van der Waals surface area contributed by atoms with Crippen LogP contribution in [0.15, 0.2) is 12.3 Å². The molecule has 0 fully saturated rings. The van der Waals surface area contributed by atoms with Gasteiger partial charge in [-0.3, -0.25) is 0 Å². The molecule has 0 saturated heterocycles. The first-order chi connectivity index (χ1) is 10.6. The zero-order valence-electron chi connectivity index (χ0n) is 13.9. The number of hydrogen-bond acceptors (Lipinski definition) is 7. The van der Waals surface area contributed by atoms with Crippen LogP contribution in [0, 0.1) is 0 Å². The highest BCUT2D eigenvalue weighted by Crippen LogP contribution is 2.24. The molecule has 0 aromatic carbocycles. The molecule has 1 heterocycles. The molecule has 130 valence electrons. The van der Waals surface area contributed by atoms with Gasteiger partial charge >= 0.3 is 6.09 Å². The normalized spacial score (nSPS) is 14.0. The quantitative estimate of drug-likeness (QED) is 0.613. The molecule has 0 spiro atoms. The number of carbonyl (C=O) groups excluding carboxylic acids is 1. The fourth-order valence-corrected chi connectivity index (χ4v) is 1.83. The van der Waals surface area contributed by atoms with Crippen molar-refractivity contribution in [3.63, 3.8) is 0 Å². The number of aliphatic hydroxyl groups excluding tert-OH is 2. The maximum absolute atomic E-state index is 11.5. The Morgan fingerprint density at radius 3 is 2.61 bits per heavy atom. The summed E-state index contributed by atoms with van der Waals surface area (Å²) in [6.45, 7) is 5.43. The van der Waals surface area contributed by atoms with Gasteiger partial charge < -0.3 is 30.7 Å². The van der Waals surface area contributed by atoms with E-state index in [1.54, 1.807) is 20.8 Å². The number of anilines is 1. The molecule has 0 aliphatic heterocycles. The number of nitrogen functional groups attached to an aromatic ring is 1. The number of nitrogens with two attached hydrogens (primary N) is 1. The zero-order valence-corrected chi connectivity index (χ0v) is 13.9. The van der Waals surface area contributed by atoms with Crippen LogP contribution in [-0.2, 0) is 4.74 Å². The predicted octanol–water partition coefficient (Wildman–Crippen LogP) is 0.981. The topological polar surface area (TPSA) is 127 Å². The molecule has 0 aliphatic rings. The van der Waals surface area contributed by atoms with Crippen molar-refractivity contribution in [1.29, 1.82) is 0 Å². The first-order valence-electron chi connectivity index (χ1n) is 7.26. The van der Waals surface area contributed by atoms with Gasteiger partial charge in [-0.25, -0.2) is 9.78 Å². The summed E-state index contributed by atoms with van der Waals surface area (Å²) in [6, 6.07) is 1.49. The molecule has 23 heavy (non-hydrogen) atoms. The molecule has 1 amide bonds. The van der Waals surface area contributed by atoms with Gasteiger partial charge in [-0.15, -0.1) is 0 Å². The van der Waals surface area contributed by atoms with Crippen LogP contribution in [0.1, 0.15) is 38.9 Å². The number of hydrogen-bond donors (Lipinski definition) is 4. The minimum Gasteiger partial charge on any atom is -0.480 e. The average molecular weight is 327 g/mol.